The van der Waals surface area contributed by atoms with Crippen LogP contribution < -0.4 is 15.6 Å². The summed E-state index contributed by atoms with van der Waals surface area (Å²) in [7, 11) is 0. The molecule has 0 aliphatic carbocycles. The van der Waals surface area contributed by atoms with Gasteiger partial charge >= 0.3 is 11.8 Å². The molecule has 2 N–H and O–H groups in total. The number of rotatable bonds is 4. The van der Waals surface area contributed by atoms with E-state index in [2.05, 4.69) is 31.0 Å². The van der Waals surface area contributed by atoms with Crippen LogP contribution in [0.25, 0.3) is 11.0 Å². The zero-order valence-electron chi connectivity index (χ0n) is 14.4. The molecule has 0 spiro atoms. The predicted octanol–water partition coefficient (Wildman–Crippen LogP) is 2.46. The van der Waals surface area contributed by atoms with Gasteiger partial charge in [0.2, 0.25) is 5.82 Å². The average Bonchev–Trinajstić information content (AvgIpc) is 2.72. The van der Waals surface area contributed by atoms with Gasteiger partial charge in [-0.2, -0.15) is 5.10 Å². The smallest absolute Gasteiger partial charge is 0.328 e. The van der Waals surface area contributed by atoms with Crippen LogP contribution in [0.4, 0.5) is 11.5 Å². The van der Waals surface area contributed by atoms with Crippen molar-refractivity contribution in [3.8, 4) is 5.88 Å². The van der Waals surface area contributed by atoms with E-state index < -0.39 is 10.8 Å². The number of halogens is 1. The lowest BCUT2D eigenvalue weighted by molar-refractivity contribution is -0.384. The monoisotopic (exact) mass is 411 g/mol. The molecule has 0 unspecified atom stereocenters. The molecule has 3 aromatic rings. The second-order valence-electron chi connectivity index (χ2n) is 5.69. The van der Waals surface area contributed by atoms with Crippen LogP contribution in [-0.2, 0) is 4.79 Å². The van der Waals surface area contributed by atoms with E-state index in [0.29, 0.717) is 21.6 Å². The van der Waals surface area contributed by atoms with E-state index in [1.807, 2.05) is 0 Å². The van der Waals surface area contributed by atoms with Crippen LogP contribution >= 0.6 is 11.6 Å². The Balaban J connectivity index is 1.46. The highest BCUT2D eigenvalue weighted by Gasteiger charge is 2.23. The number of amides is 1. The predicted molar refractivity (Wildman–Crippen MR) is 105 cm³/mol. The summed E-state index contributed by atoms with van der Waals surface area (Å²) in [6.45, 7) is 0. The number of nitrogens with one attached hydrogen (secondary N) is 2. The molecule has 11 nitrogen and oxygen atoms in total. The fraction of sp³-hybridized carbons (Fsp3) is 0. The highest BCUT2D eigenvalue weighted by Crippen LogP contribution is 2.27. The zero-order chi connectivity index (χ0) is 20.4. The molecule has 0 fully saturated rings. The number of carbonyl (C=O) groups excluding carboxylic acids is 1. The Kier molecular flexibility index (Phi) is 4.71. The summed E-state index contributed by atoms with van der Waals surface area (Å²) in [5.74, 6) is -0.777. The molecule has 29 heavy (non-hydrogen) atoms. The number of benzene rings is 2. The quantitative estimate of drug-likeness (QED) is 0.381. The zero-order valence-corrected chi connectivity index (χ0v) is 15.1. The number of carbonyl (C=O) groups is 1. The highest BCUT2D eigenvalue weighted by atomic mass is 35.5. The van der Waals surface area contributed by atoms with E-state index in [-0.39, 0.29) is 23.3 Å². The van der Waals surface area contributed by atoms with E-state index in [4.69, 9.17) is 16.3 Å². The van der Waals surface area contributed by atoms with Gasteiger partial charge in [0.1, 0.15) is 0 Å². The molecule has 12 heteroatoms. The first-order chi connectivity index (χ1) is 14.0. The summed E-state index contributed by atoms with van der Waals surface area (Å²) in [6, 6.07) is 10.8. The number of non-ortho nitro benzene ring substituents is 1. The third kappa shape index (κ3) is 3.94. The van der Waals surface area contributed by atoms with Crippen LogP contribution in [0.5, 0.6) is 5.88 Å². The number of nitrogens with zero attached hydrogens (tertiary/aromatic N) is 5. The molecule has 1 aromatic heterocycles. The molecule has 1 aliphatic heterocycles. The summed E-state index contributed by atoms with van der Waals surface area (Å²) in [4.78, 5) is 31.0. The Bertz CT molecular complexity index is 1210. The van der Waals surface area contributed by atoms with Gasteiger partial charge < -0.3 is 4.74 Å². The van der Waals surface area contributed by atoms with Crippen molar-refractivity contribution in [2.45, 2.75) is 0 Å². The summed E-state index contributed by atoms with van der Waals surface area (Å²) in [5.41, 5.74) is 6.23. The Morgan fingerprint density at radius 2 is 2.10 bits per heavy atom. The summed E-state index contributed by atoms with van der Waals surface area (Å²) in [5, 5.41) is 18.8. The molecule has 0 atom stereocenters. The Labute approximate surface area is 167 Å². The maximum atomic E-state index is 12.2. The molecular formula is C17H10ClN7O4. The van der Waals surface area contributed by atoms with Crippen molar-refractivity contribution in [3.05, 3.63) is 63.2 Å². The van der Waals surface area contributed by atoms with Crippen molar-refractivity contribution < 1.29 is 14.5 Å². The molecule has 0 radical (unpaired) electrons. The molecule has 2 aromatic carbocycles. The fourth-order valence-electron chi connectivity index (χ4n) is 2.40. The van der Waals surface area contributed by atoms with Crippen molar-refractivity contribution in [2.75, 3.05) is 5.43 Å². The third-order valence-corrected chi connectivity index (χ3v) is 3.94. The maximum Gasteiger partial charge on any atom is 0.328 e. The molecule has 1 amide bonds. The van der Waals surface area contributed by atoms with Gasteiger partial charge in [-0.25, -0.2) is 15.4 Å². The van der Waals surface area contributed by atoms with E-state index >= 15 is 0 Å². The number of fused-ring (bicyclic) bond motifs is 2. The third-order valence-electron chi connectivity index (χ3n) is 3.71. The molecule has 144 valence electrons. The minimum Gasteiger partial charge on any atom is -0.411 e. The molecule has 0 saturated heterocycles. The SMILES string of the molecule is O=C(N/N=C/c1cccc([N+](=O)[O-])c1)C1=NNc2nc3ccc(Cl)cc3nc2O1. The minimum atomic E-state index is -0.752. The van der Waals surface area contributed by atoms with Gasteiger partial charge in [-0.15, -0.1) is 5.10 Å². The Morgan fingerprint density at radius 1 is 1.24 bits per heavy atom. The average molecular weight is 412 g/mol. The molecular weight excluding hydrogens is 402 g/mol. The number of hydrogen-bond acceptors (Lipinski definition) is 9. The topological polar surface area (TPSA) is 144 Å². The normalized spacial score (nSPS) is 12.7. The summed E-state index contributed by atoms with van der Waals surface area (Å²) in [6.07, 6.45) is 1.25. The number of nitro benzene ring substituents is 1. The van der Waals surface area contributed by atoms with Gasteiger partial charge in [0.05, 0.1) is 22.2 Å². The Hall–Kier alpha value is -4.12. The first-order valence-electron chi connectivity index (χ1n) is 8.06. The van der Waals surface area contributed by atoms with Crippen LogP contribution in [-0.4, -0.2) is 32.9 Å². The maximum absolute atomic E-state index is 12.2. The molecule has 0 saturated carbocycles. The lowest BCUT2D eigenvalue weighted by Crippen LogP contribution is -2.34. The van der Waals surface area contributed by atoms with Gasteiger partial charge in [0.25, 0.3) is 11.6 Å². The number of nitro groups is 1. The van der Waals surface area contributed by atoms with Crippen LogP contribution in [0, 0.1) is 10.1 Å². The highest BCUT2D eigenvalue weighted by molar-refractivity contribution is 6.36. The van der Waals surface area contributed by atoms with Crippen molar-refractivity contribution in [1.29, 1.82) is 0 Å². The van der Waals surface area contributed by atoms with E-state index in [9.17, 15) is 14.9 Å². The first kappa shape index (κ1) is 18.3. The van der Waals surface area contributed by atoms with Gasteiger partial charge in [0.15, 0.2) is 0 Å². The van der Waals surface area contributed by atoms with Gasteiger partial charge in [-0.1, -0.05) is 23.7 Å². The molecule has 4 rings (SSSR count). The van der Waals surface area contributed by atoms with Crippen molar-refractivity contribution in [2.24, 2.45) is 10.2 Å². The van der Waals surface area contributed by atoms with Crippen LogP contribution in [0.3, 0.4) is 0 Å². The number of aromatic nitrogens is 2. The molecule has 2 heterocycles. The minimum absolute atomic E-state index is 0.0579. The van der Waals surface area contributed by atoms with Crippen molar-refractivity contribution in [1.82, 2.24) is 15.4 Å². The largest absolute Gasteiger partial charge is 0.411 e. The standard InChI is InChI=1S/C17H10ClN7O4/c18-10-4-5-12-13(7-10)21-16-14(20-12)22-24-17(29-16)15(26)23-19-8-9-2-1-3-11(6-9)25(27)28/h1-8H,(H,20,22)(H,23,26)/b19-8+. The van der Waals surface area contributed by atoms with E-state index in [0.717, 1.165) is 0 Å². The summed E-state index contributed by atoms with van der Waals surface area (Å²) < 4.78 is 5.39. The van der Waals surface area contributed by atoms with Crippen LogP contribution in [0.15, 0.2) is 52.7 Å². The Morgan fingerprint density at radius 3 is 2.93 bits per heavy atom. The number of hydrogen-bond donors (Lipinski definition) is 2. The van der Waals surface area contributed by atoms with Crippen molar-refractivity contribution >= 4 is 52.2 Å². The van der Waals surface area contributed by atoms with Gasteiger partial charge in [-0.3, -0.25) is 20.3 Å². The van der Waals surface area contributed by atoms with E-state index in [1.54, 1.807) is 24.3 Å². The van der Waals surface area contributed by atoms with Gasteiger partial charge in [-0.05, 0) is 18.2 Å². The van der Waals surface area contributed by atoms with Crippen molar-refractivity contribution in [3.63, 3.8) is 0 Å². The molecule has 1 aliphatic rings. The first-order valence-corrected chi connectivity index (χ1v) is 8.44. The second-order valence-corrected chi connectivity index (χ2v) is 6.13. The fourth-order valence-corrected chi connectivity index (χ4v) is 2.57. The number of ether oxygens (including phenoxy) is 1. The van der Waals surface area contributed by atoms with Crippen LogP contribution in [0.2, 0.25) is 5.02 Å². The second kappa shape index (κ2) is 7.48. The summed E-state index contributed by atoms with van der Waals surface area (Å²) >= 11 is 5.95. The van der Waals surface area contributed by atoms with Crippen LogP contribution in [0.1, 0.15) is 5.56 Å². The lowest BCUT2D eigenvalue weighted by Gasteiger charge is -2.15. The number of hydrazone groups is 2. The number of anilines is 1. The van der Waals surface area contributed by atoms with E-state index in [1.165, 1.54) is 24.4 Å². The molecule has 0 bridgehead atoms. The lowest BCUT2D eigenvalue weighted by atomic mass is 10.2. The van der Waals surface area contributed by atoms with Gasteiger partial charge in [0, 0.05) is 22.7 Å².